The minimum absolute atomic E-state index is 0.116. The molecule has 0 bridgehead atoms. The van der Waals surface area contributed by atoms with Crippen LogP contribution in [0.25, 0.3) is 0 Å². The van der Waals surface area contributed by atoms with E-state index in [1.165, 1.54) is 35.1 Å². The highest BCUT2D eigenvalue weighted by Crippen LogP contribution is 2.47. The van der Waals surface area contributed by atoms with E-state index in [1.807, 2.05) is 17.5 Å². The van der Waals surface area contributed by atoms with Crippen molar-refractivity contribution in [1.29, 1.82) is 0 Å². The van der Waals surface area contributed by atoms with Gasteiger partial charge in [-0.1, -0.05) is 56.8 Å². The van der Waals surface area contributed by atoms with Crippen LogP contribution in [0.15, 0.2) is 28.5 Å². The fraction of sp³-hybridized carbons (Fsp3) is 0.471. The number of halogens is 4. The van der Waals surface area contributed by atoms with Gasteiger partial charge in [-0.3, -0.25) is 9.59 Å². The number of β-lactam (4-membered cyclic amide) rings is 1. The van der Waals surface area contributed by atoms with Gasteiger partial charge in [0.1, 0.15) is 12.0 Å². The number of nitrogens with zero attached hydrogens (tertiary/aromatic N) is 1. The first-order valence-corrected chi connectivity index (χ1v) is 12.6. The lowest BCUT2D eigenvalue weighted by Crippen LogP contribution is -2.83. The van der Waals surface area contributed by atoms with Gasteiger partial charge in [-0.25, -0.2) is 4.79 Å². The first-order chi connectivity index (χ1) is 14.1. The number of nitrogens with one attached hydrogen (secondary N) is 1. The number of methoxy groups -OCH3 is 1. The van der Waals surface area contributed by atoms with Crippen molar-refractivity contribution in [1.82, 2.24) is 10.2 Å². The molecule has 0 radical (unpaired) electrons. The van der Waals surface area contributed by atoms with Crippen molar-refractivity contribution < 1.29 is 23.9 Å². The molecule has 3 heterocycles. The number of fused-ring (bicyclic) bond motifs is 1. The fourth-order valence-electron chi connectivity index (χ4n) is 3.12. The van der Waals surface area contributed by atoms with Gasteiger partial charge in [-0.05, 0) is 22.4 Å². The van der Waals surface area contributed by atoms with Gasteiger partial charge in [0.15, 0.2) is 6.04 Å². The van der Waals surface area contributed by atoms with Crippen LogP contribution >= 0.6 is 73.8 Å². The van der Waals surface area contributed by atoms with Crippen LogP contribution in [0.2, 0.25) is 0 Å². The smallest absolute Gasteiger partial charge is 0.333 e. The maximum absolute atomic E-state index is 13.1. The summed E-state index contributed by atoms with van der Waals surface area (Å²) in [4.78, 5) is 40.5. The normalized spacial score (nSPS) is 25.8. The summed E-state index contributed by atoms with van der Waals surface area (Å²) in [5, 5.41) is 5.97. The van der Waals surface area contributed by atoms with E-state index in [2.05, 4.69) is 21.2 Å². The van der Waals surface area contributed by atoms with E-state index >= 15 is 0 Å². The quantitative estimate of drug-likeness (QED) is 0.232. The highest BCUT2D eigenvalue weighted by molar-refractivity contribution is 9.09. The lowest BCUT2D eigenvalue weighted by atomic mass is 9.95. The zero-order valence-corrected chi connectivity index (χ0v) is 20.9. The highest BCUT2D eigenvalue weighted by Gasteiger charge is 2.67. The van der Waals surface area contributed by atoms with Crippen LogP contribution in [0.5, 0.6) is 0 Å². The zero-order chi connectivity index (χ0) is 22.1. The van der Waals surface area contributed by atoms with Gasteiger partial charge in [-0.2, -0.15) is 0 Å². The first kappa shape index (κ1) is 24.2. The minimum Gasteiger partial charge on any atom is -0.459 e. The molecular formula is C17H16BrCl3N2O5S2. The van der Waals surface area contributed by atoms with Gasteiger partial charge in [0.25, 0.3) is 11.6 Å². The molecular weight excluding hydrogens is 563 g/mol. The predicted molar refractivity (Wildman–Crippen MR) is 121 cm³/mol. The number of rotatable bonds is 7. The average Bonchev–Trinajstić information content (AvgIpc) is 3.21. The van der Waals surface area contributed by atoms with Gasteiger partial charge >= 0.3 is 5.97 Å². The Balaban J connectivity index is 1.78. The van der Waals surface area contributed by atoms with Crippen molar-refractivity contribution in [2.75, 3.05) is 19.0 Å². The molecule has 0 spiro atoms. The van der Waals surface area contributed by atoms with Crippen LogP contribution < -0.4 is 5.32 Å². The molecule has 30 heavy (non-hydrogen) atoms. The van der Waals surface area contributed by atoms with Crippen LogP contribution in [0.4, 0.5) is 0 Å². The van der Waals surface area contributed by atoms with E-state index in [4.69, 9.17) is 44.3 Å². The third kappa shape index (κ3) is 4.79. The monoisotopic (exact) mass is 576 g/mol. The van der Waals surface area contributed by atoms with E-state index in [1.54, 1.807) is 5.41 Å². The third-order valence-corrected chi connectivity index (χ3v) is 7.55. The summed E-state index contributed by atoms with van der Waals surface area (Å²) < 4.78 is 8.79. The van der Waals surface area contributed by atoms with Gasteiger partial charge < -0.3 is 19.7 Å². The van der Waals surface area contributed by atoms with Crippen molar-refractivity contribution in [2.45, 2.75) is 27.4 Å². The molecule has 3 rings (SSSR count). The van der Waals surface area contributed by atoms with E-state index in [9.17, 15) is 14.4 Å². The van der Waals surface area contributed by atoms with Crippen LogP contribution in [-0.2, 0) is 30.3 Å². The molecule has 1 aromatic rings. The topological polar surface area (TPSA) is 84.9 Å². The summed E-state index contributed by atoms with van der Waals surface area (Å²) in [6, 6.07) is 2.65. The number of hydrogen-bond acceptors (Lipinski definition) is 7. The second kappa shape index (κ2) is 9.56. The zero-order valence-electron chi connectivity index (χ0n) is 15.4. The van der Waals surface area contributed by atoms with Crippen molar-refractivity contribution in [3.8, 4) is 0 Å². The van der Waals surface area contributed by atoms with Gasteiger partial charge in [0.05, 0.1) is 6.42 Å². The Bertz CT molecular complexity index is 864. The van der Waals surface area contributed by atoms with Gasteiger partial charge in [0, 0.05) is 17.3 Å². The molecule has 0 saturated carbocycles. The summed E-state index contributed by atoms with van der Waals surface area (Å²) >= 11 is 23.0. The lowest BCUT2D eigenvalue weighted by Gasteiger charge is -2.57. The second-order valence-electron chi connectivity index (χ2n) is 6.40. The Labute approximate surface area is 204 Å². The molecule has 1 fully saturated rings. The van der Waals surface area contributed by atoms with Crippen molar-refractivity contribution in [3.63, 3.8) is 0 Å². The maximum Gasteiger partial charge on any atom is 0.333 e. The summed E-state index contributed by atoms with van der Waals surface area (Å²) in [6.45, 7) is -0.463. The second-order valence-corrected chi connectivity index (χ2v) is 11.5. The molecule has 0 aromatic carbocycles. The van der Waals surface area contributed by atoms with Crippen LogP contribution in [0.3, 0.4) is 0 Å². The van der Waals surface area contributed by atoms with Crippen LogP contribution in [-0.4, -0.2) is 62.7 Å². The molecule has 2 unspecified atom stereocenters. The highest BCUT2D eigenvalue weighted by atomic mass is 79.9. The first-order valence-electron chi connectivity index (χ1n) is 8.48. The summed E-state index contributed by atoms with van der Waals surface area (Å²) in [6.07, 6.45) is 0.116. The Kier molecular flexibility index (Phi) is 7.70. The number of alkyl halides is 4. The van der Waals surface area contributed by atoms with Gasteiger partial charge in [-0.15, -0.1) is 23.1 Å². The Hall–Kier alpha value is -0.490. The standard InChI is InChI=1S/C17H16BrCl3N2O5S2/c1-27-17(22-11(24)5-10-3-2-4-29-10)14(26)23-12(9(6-18)7-30-15(17)23)13(25)28-8-16(19,20)21/h2-4,7,12,15H,5-6,8H2,1H3,(H,22,24)/t12?,15-,17?/m0/s1. The Morgan fingerprint density at radius 1 is 1.40 bits per heavy atom. The number of carbonyl (C=O) groups excluding carboxylic acids is 3. The lowest BCUT2D eigenvalue weighted by molar-refractivity contribution is -0.202. The number of hydrogen-bond donors (Lipinski definition) is 1. The van der Waals surface area contributed by atoms with Crippen molar-refractivity contribution >= 4 is 91.6 Å². The van der Waals surface area contributed by atoms with Gasteiger partial charge in [0.2, 0.25) is 9.70 Å². The molecule has 1 aromatic heterocycles. The largest absolute Gasteiger partial charge is 0.459 e. The number of amides is 2. The number of thiophene rings is 1. The minimum atomic E-state index is -1.78. The van der Waals surface area contributed by atoms with Crippen LogP contribution in [0.1, 0.15) is 4.88 Å². The number of esters is 1. The van der Waals surface area contributed by atoms with Crippen LogP contribution in [0, 0.1) is 0 Å². The Morgan fingerprint density at radius 3 is 2.70 bits per heavy atom. The fourth-order valence-corrected chi connectivity index (χ4v) is 5.98. The SMILES string of the molecule is COC1(NC(=O)Cc2cccs2)C(=O)N2C(C(=O)OCC(Cl)(Cl)Cl)C(CBr)=CS[C@H]21. The predicted octanol–water partition coefficient (Wildman–Crippen LogP) is 3.23. The summed E-state index contributed by atoms with van der Waals surface area (Å²) in [5.41, 5.74) is -0.977. The molecule has 0 aliphatic carbocycles. The number of ether oxygens (including phenoxy) is 2. The maximum atomic E-state index is 13.1. The number of thioether (sulfide) groups is 1. The van der Waals surface area contributed by atoms with Crippen molar-refractivity contribution in [3.05, 3.63) is 33.4 Å². The Morgan fingerprint density at radius 2 is 2.13 bits per heavy atom. The molecule has 2 aliphatic rings. The molecule has 1 saturated heterocycles. The molecule has 2 amide bonds. The molecule has 2 aliphatic heterocycles. The van der Waals surface area contributed by atoms with Crippen molar-refractivity contribution in [2.24, 2.45) is 0 Å². The summed E-state index contributed by atoms with van der Waals surface area (Å²) in [5.74, 6) is -1.65. The summed E-state index contributed by atoms with van der Waals surface area (Å²) in [7, 11) is 1.33. The molecule has 13 heteroatoms. The third-order valence-electron chi connectivity index (χ3n) is 4.45. The average molecular weight is 579 g/mol. The van der Waals surface area contributed by atoms with E-state index < -0.39 is 39.4 Å². The molecule has 1 N–H and O–H groups in total. The molecule has 164 valence electrons. The molecule has 7 nitrogen and oxygen atoms in total. The molecule has 3 atom stereocenters. The van der Waals surface area contributed by atoms with E-state index in [0.717, 1.165) is 4.88 Å². The van der Waals surface area contributed by atoms with E-state index in [0.29, 0.717) is 10.9 Å². The van der Waals surface area contributed by atoms with E-state index in [-0.39, 0.29) is 12.3 Å². The number of carbonyl (C=O) groups is 3.